The molecule has 3 aliphatic heterocycles. The zero-order valence-electron chi connectivity index (χ0n) is 10.2. The summed E-state index contributed by atoms with van der Waals surface area (Å²) in [6, 6.07) is 1.57. The van der Waals surface area contributed by atoms with Crippen LogP contribution >= 0.6 is 0 Å². The van der Waals surface area contributed by atoms with Gasteiger partial charge in [0.1, 0.15) is 0 Å². The van der Waals surface area contributed by atoms with Crippen molar-refractivity contribution < 1.29 is 4.74 Å². The van der Waals surface area contributed by atoms with Crippen molar-refractivity contribution in [3.63, 3.8) is 0 Å². The van der Waals surface area contributed by atoms with Crippen LogP contribution in [-0.4, -0.2) is 49.8 Å². The predicted octanol–water partition coefficient (Wildman–Crippen LogP) is 1.24. The molecule has 2 bridgehead atoms. The minimum Gasteiger partial charge on any atom is -0.381 e. The van der Waals surface area contributed by atoms with Gasteiger partial charge in [0.25, 0.3) is 0 Å². The number of piperidine rings is 1. The molecule has 1 N–H and O–H groups in total. The Morgan fingerprint density at radius 2 is 1.94 bits per heavy atom. The first-order chi connectivity index (χ1) is 7.90. The quantitative estimate of drug-likeness (QED) is 0.780. The van der Waals surface area contributed by atoms with Crippen molar-refractivity contribution in [2.75, 3.05) is 32.8 Å². The minimum absolute atomic E-state index is 0.785. The van der Waals surface area contributed by atoms with E-state index in [-0.39, 0.29) is 0 Å². The molecular weight excluding hydrogens is 200 g/mol. The summed E-state index contributed by atoms with van der Waals surface area (Å²) >= 11 is 0. The highest BCUT2D eigenvalue weighted by molar-refractivity contribution is 4.90. The molecule has 0 aromatic carbocycles. The highest BCUT2D eigenvalue weighted by atomic mass is 16.5. The first-order valence-electron chi connectivity index (χ1n) is 6.96. The zero-order chi connectivity index (χ0) is 10.8. The molecule has 0 spiro atoms. The van der Waals surface area contributed by atoms with Gasteiger partial charge in [0, 0.05) is 38.4 Å². The first kappa shape index (κ1) is 11.0. The molecule has 16 heavy (non-hydrogen) atoms. The standard InChI is InChI=1S/C13H24N2O/c1-2-12-8-15(9-13(3-1)14-12)6-4-11-5-7-16-10-11/h11-14H,1-10H2. The second-order valence-corrected chi connectivity index (χ2v) is 5.77. The lowest BCUT2D eigenvalue weighted by Crippen LogP contribution is -2.58. The molecule has 0 amide bonds. The number of nitrogens with one attached hydrogen (secondary N) is 1. The van der Waals surface area contributed by atoms with Crippen LogP contribution in [0.3, 0.4) is 0 Å². The number of piperazine rings is 1. The maximum absolute atomic E-state index is 5.44. The molecule has 3 fully saturated rings. The Morgan fingerprint density at radius 3 is 2.62 bits per heavy atom. The molecule has 0 aromatic heterocycles. The van der Waals surface area contributed by atoms with Gasteiger partial charge < -0.3 is 15.0 Å². The fraction of sp³-hybridized carbons (Fsp3) is 1.00. The first-order valence-corrected chi connectivity index (χ1v) is 6.96. The lowest BCUT2D eigenvalue weighted by Gasteiger charge is -2.42. The summed E-state index contributed by atoms with van der Waals surface area (Å²) in [6.45, 7) is 5.87. The summed E-state index contributed by atoms with van der Waals surface area (Å²) in [6.07, 6.45) is 6.85. The van der Waals surface area contributed by atoms with E-state index in [2.05, 4.69) is 10.2 Å². The van der Waals surface area contributed by atoms with E-state index in [0.717, 1.165) is 31.2 Å². The van der Waals surface area contributed by atoms with Crippen LogP contribution in [0.15, 0.2) is 0 Å². The molecular formula is C13H24N2O. The number of ether oxygens (including phenoxy) is 1. The minimum atomic E-state index is 0.785. The Kier molecular flexibility index (Phi) is 3.46. The Bertz CT molecular complexity index is 216. The smallest absolute Gasteiger partial charge is 0.0495 e. The lowest BCUT2D eigenvalue weighted by molar-refractivity contribution is 0.116. The van der Waals surface area contributed by atoms with E-state index in [0.29, 0.717) is 0 Å². The SMILES string of the molecule is C1CC2CN(CCC3CCOC3)CC(C1)N2. The Morgan fingerprint density at radius 1 is 1.12 bits per heavy atom. The van der Waals surface area contributed by atoms with Crippen LogP contribution in [0.2, 0.25) is 0 Å². The van der Waals surface area contributed by atoms with Gasteiger partial charge in [-0.2, -0.15) is 0 Å². The molecule has 0 aliphatic carbocycles. The third-order valence-corrected chi connectivity index (χ3v) is 4.41. The van der Waals surface area contributed by atoms with E-state index >= 15 is 0 Å². The van der Waals surface area contributed by atoms with Crippen LogP contribution in [-0.2, 0) is 4.74 Å². The van der Waals surface area contributed by atoms with E-state index < -0.39 is 0 Å². The molecule has 92 valence electrons. The maximum atomic E-state index is 5.44. The van der Waals surface area contributed by atoms with Gasteiger partial charge in [-0.15, -0.1) is 0 Å². The average Bonchev–Trinajstić information content (AvgIpc) is 2.79. The molecule has 0 saturated carbocycles. The second-order valence-electron chi connectivity index (χ2n) is 5.77. The summed E-state index contributed by atoms with van der Waals surface area (Å²) in [5.74, 6) is 0.842. The number of rotatable bonds is 3. The Hall–Kier alpha value is -0.120. The monoisotopic (exact) mass is 224 g/mol. The van der Waals surface area contributed by atoms with Crippen molar-refractivity contribution in [2.45, 2.75) is 44.2 Å². The van der Waals surface area contributed by atoms with Crippen molar-refractivity contribution in [1.29, 1.82) is 0 Å². The molecule has 3 aliphatic rings. The maximum Gasteiger partial charge on any atom is 0.0495 e. The zero-order valence-corrected chi connectivity index (χ0v) is 10.2. The van der Waals surface area contributed by atoms with E-state index in [9.17, 15) is 0 Å². The highest BCUT2D eigenvalue weighted by Crippen LogP contribution is 2.21. The van der Waals surface area contributed by atoms with Crippen molar-refractivity contribution in [1.82, 2.24) is 10.2 Å². The van der Waals surface area contributed by atoms with Gasteiger partial charge in [-0.05, 0) is 38.1 Å². The fourth-order valence-electron chi connectivity index (χ4n) is 3.46. The summed E-state index contributed by atoms with van der Waals surface area (Å²) in [5, 5.41) is 3.74. The number of nitrogens with zero attached hydrogens (tertiary/aromatic N) is 1. The lowest BCUT2D eigenvalue weighted by atomic mass is 9.93. The number of hydrogen-bond donors (Lipinski definition) is 1. The number of hydrogen-bond acceptors (Lipinski definition) is 3. The molecule has 3 heteroatoms. The average molecular weight is 224 g/mol. The van der Waals surface area contributed by atoms with Gasteiger partial charge in [0.15, 0.2) is 0 Å². The van der Waals surface area contributed by atoms with Gasteiger partial charge >= 0.3 is 0 Å². The van der Waals surface area contributed by atoms with Crippen molar-refractivity contribution in [3.8, 4) is 0 Å². The van der Waals surface area contributed by atoms with Crippen LogP contribution in [0, 0.1) is 5.92 Å². The molecule has 3 saturated heterocycles. The van der Waals surface area contributed by atoms with Crippen molar-refractivity contribution in [2.24, 2.45) is 5.92 Å². The normalized spacial score (nSPS) is 40.1. The van der Waals surface area contributed by atoms with Crippen LogP contribution in [0.4, 0.5) is 0 Å². The third-order valence-electron chi connectivity index (χ3n) is 4.41. The topological polar surface area (TPSA) is 24.5 Å². The molecule has 3 heterocycles. The van der Waals surface area contributed by atoms with Gasteiger partial charge in [-0.1, -0.05) is 6.42 Å². The predicted molar refractivity (Wildman–Crippen MR) is 64.5 cm³/mol. The molecule has 3 nitrogen and oxygen atoms in total. The third kappa shape index (κ3) is 2.58. The molecule has 3 unspecified atom stereocenters. The van der Waals surface area contributed by atoms with Crippen LogP contribution in [0.1, 0.15) is 32.1 Å². The van der Waals surface area contributed by atoms with Crippen LogP contribution in [0.25, 0.3) is 0 Å². The summed E-state index contributed by atoms with van der Waals surface area (Å²) in [5.41, 5.74) is 0. The van der Waals surface area contributed by atoms with Crippen LogP contribution < -0.4 is 5.32 Å². The molecule has 3 atom stereocenters. The molecule has 0 radical (unpaired) electrons. The van der Waals surface area contributed by atoms with E-state index in [4.69, 9.17) is 4.74 Å². The van der Waals surface area contributed by atoms with Crippen LogP contribution in [0.5, 0.6) is 0 Å². The molecule has 0 aromatic rings. The van der Waals surface area contributed by atoms with Gasteiger partial charge in [0.2, 0.25) is 0 Å². The summed E-state index contributed by atoms with van der Waals surface area (Å²) < 4.78 is 5.44. The summed E-state index contributed by atoms with van der Waals surface area (Å²) in [7, 11) is 0. The van der Waals surface area contributed by atoms with Gasteiger partial charge in [-0.25, -0.2) is 0 Å². The fourth-order valence-corrected chi connectivity index (χ4v) is 3.46. The second kappa shape index (κ2) is 5.03. The number of likely N-dealkylation sites (tertiary alicyclic amines) is 1. The van der Waals surface area contributed by atoms with Gasteiger partial charge in [0.05, 0.1) is 0 Å². The van der Waals surface area contributed by atoms with E-state index in [1.807, 2.05) is 0 Å². The molecule has 3 rings (SSSR count). The highest BCUT2D eigenvalue weighted by Gasteiger charge is 2.29. The largest absolute Gasteiger partial charge is 0.381 e. The number of fused-ring (bicyclic) bond motifs is 2. The van der Waals surface area contributed by atoms with E-state index in [1.165, 1.54) is 51.7 Å². The van der Waals surface area contributed by atoms with Gasteiger partial charge in [-0.3, -0.25) is 0 Å². The van der Waals surface area contributed by atoms with E-state index in [1.54, 1.807) is 0 Å². The Labute approximate surface area is 98.5 Å². The summed E-state index contributed by atoms with van der Waals surface area (Å²) in [4.78, 5) is 2.68. The Balaban J connectivity index is 1.44. The van der Waals surface area contributed by atoms with Crippen molar-refractivity contribution >= 4 is 0 Å². The van der Waals surface area contributed by atoms with Crippen molar-refractivity contribution in [3.05, 3.63) is 0 Å².